The molecule has 0 atom stereocenters. The number of hydrogen-bond donors (Lipinski definition) is 0. The van der Waals surface area contributed by atoms with E-state index in [0.29, 0.717) is 23.7 Å². The fourth-order valence-electron chi connectivity index (χ4n) is 3.75. The average Bonchev–Trinajstić information content (AvgIpc) is 3.02. The fourth-order valence-corrected chi connectivity index (χ4v) is 9.70. The van der Waals surface area contributed by atoms with E-state index in [4.69, 9.17) is 0 Å². The number of halogens is 2. The number of allylic oxidation sites excluding steroid dienone is 8. The van der Waals surface area contributed by atoms with Crippen molar-refractivity contribution in [3.05, 3.63) is 41.0 Å². The van der Waals surface area contributed by atoms with Crippen molar-refractivity contribution in [3.63, 3.8) is 0 Å². The maximum atomic E-state index is 2.54. The van der Waals surface area contributed by atoms with Crippen LogP contribution in [0, 0.1) is 23.7 Å². The van der Waals surface area contributed by atoms with Crippen molar-refractivity contribution in [2.75, 3.05) is 0 Å². The first-order valence-electron chi connectivity index (χ1n) is 9.37. The van der Waals surface area contributed by atoms with Gasteiger partial charge in [0.1, 0.15) is 0 Å². The van der Waals surface area contributed by atoms with Gasteiger partial charge in [0, 0.05) is 0 Å². The topological polar surface area (TPSA) is 0 Å². The summed E-state index contributed by atoms with van der Waals surface area (Å²) < 4.78 is 3.67. The minimum atomic E-state index is -0.718. The van der Waals surface area contributed by atoms with Gasteiger partial charge in [0.2, 0.25) is 0 Å². The standard InChI is InChI=1S/2C11H17.2ClH.Zr/c2*1-8(2)10-5-6-11(7-10)9(3)4;;;/h2*5,8-9H,6H2,1-4H3;2*1H;/q;;;;+2/p-2. The largest absolute Gasteiger partial charge is 1.00 e. The second kappa shape index (κ2) is 10.7. The Morgan fingerprint density at radius 3 is 1.16 bits per heavy atom. The van der Waals surface area contributed by atoms with Crippen molar-refractivity contribution < 1.29 is 48.0 Å². The van der Waals surface area contributed by atoms with Gasteiger partial charge in [-0.05, 0) is 0 Å². The molecule has 2 rings (SSSR count). The van der Waals surface area contributed by atoms with Crippen LogP contribution < -0.4 is 24.8 Å². The van der Waals surface area contributed by atoms with E-state index in [-0.39, 0.29) is 24.8 Å². The van der Waals surface area contributed by atoms with Crippen LogP contribution in [0.4, 0.5) is 0 Å². The van der Waals surface area contributed by atoms with E-state index in [1.807, 2.05) is 6.56 Å². The maximum absolute atomic E-state index is 2.54. The van der Waals surface area contributed by atoms with Gasteiger partial charge in [-0.1, -0.05) is 0 Å². The first-order chi connectivity index (χ1) is 10.7. The van der Waals surface area contributed by atoms with Crippen molar-refractivity contribution in [3.8, 4) is 0 Å². The molecule has 0 aromatic carbocycles. The summed E-state index contributed by atoms with van der Waals surface area (Å²) in [5.74, 6) is 2.76. The molecule has 0 aliphatic heterocycles. The molecule has 0 N–H and O–H groups in total. The summed E-state index contributed by atoms with van der Waals surface area (Å²) in [4.78, 5) is 0. The molecule has 0 fully saturated rings. The molecule has 0 radical (unpaired) electrons. The Hall–Kier alpha value is 0.423. The van der Waals surface area contributed by atoms with Crippen molar-refractivity contribution in [1.29, 1.82) is 0 Å². The first-order valence-corrected chi connectivity index (χ1v) is 11.8. The van der Waals surface area contributed by atoms with E-state index < -0.39 is 23.2 Å². The molecule has 0 aromatic rings. The predicted molar refractivity (Wildman–Crippen MR) is 98.8 cm³/mol. The normalized spacial score (nSPS) is 17.3. The molecular formula is C22H34Cl2Zr. The molecule has 140 valence electrons. The van der Waals surface area contributed by atoms with Gasteiger partial charge in [0.05, 0.1) is 0 Å². The van der Waals surface area contributed by atoms with Crippen LogP contribution in [0.25, 0.3) is 0 Å². The monoisotopic (exact) mass is 458 g/mol. The Bertz CT molecular complexity index is 535. The van der Waals surface area contributed by atoms with Gasteiger partial charge in [0.25, 0.3) is 0 Å². The van der Waals surface area contributed by atoms with E-state index in [1.54, 1.807) is 22.3 Å². The fraction of sp³-hybridized carbons (Fsp3) is 0.636. The third kappa shape index (κ3) is 5.70. The second-order valence-electron chi connectivity index (χ2n) is 8.27. The third-order valence-corrected chi connectivity index (χ3v) is 9.42. The Morgan fingerprint density at radius 2 is 0.920 bits per heavy atom. The van der Waals surface area contributed by atoms with Gasteiger partial charge in [-0.15, -0.1) is 0 Å². The summed E-state index contributed by atoms with van der Waals surface area (Å²) in [5, 5.41) is 0. The van der Waals surface area contributed by atoms with Gasteiger partial charge in [-0.2, -0.15) is 0 Å². The van der Waals surface area contributed by atoms with E-state index >= 15 is 0 Å². The Labute approximate surface area is 180 Å². The minimum Gasteiger partial charge on any atom is -1.00 e. The van der Waals surface area contributed by atoms with Crippen molar-refractivity contribution in [1.82, 2.24) is 0 Å². The molecule has 0 heterocycles. The van der Waals surface area contributed by atoms with E-state index in [2.05, 4.69) is 67.5 Å². The first kappa shape index (κ1) is 25.4. The second-order valence-corrected chi connectivity index (χ2v) is 11.3. The SMILES string of the molecule is CC(C)C1=CCC(C(C)C)=[C]1[Zr+2][C]1=C(C(C)C)CC=C1C(C)C.[Cl-].[Cl-]. The maximum Gasteiger partial charge on any atom is -1.00 e. The Balaban J connectivity index is 0.00000288. The van der Waals surface area contributed by atoms with E-state index in [0.717, 1.165) is 0 Å². The molecule has 0 bridgehead atoms. The van der Waals surface area contributed by atoms with Crippen molar-refractivity contribution in [2.24, 2.45) is 23.7 Å². The van der Waals surface area contributed by atoms with Crippen molar-refractivity contribution in [2.45, 2.75) is 68.2 Å². The zero-order valence-electron chi connectivity index (χ0n) is 17.1. The van der Waals surface area contributed by atoms with Crippen LogP contribution in [0.15, 0.2) is 41.0 Å². The molecule has 0 aromatic heterocycles. The molecule has 2 aliphatic carbocycles. The molecule has 0 saturated carbocycles. The summed E-state index contributed by atoms with van der Waals surface area (Å²) in [6, 6.07) is 0. The molecular weight excluding hydrogens is 426 g/mol. The van der Waals surface area contributed by atoms with Gasteiger partial charge < -0.3 is 24.8 Å². The average molecular weight is 461 g/mol. The zero-order chi connectivity index (χ0) is 17.3. The molecule has 0 nitrogen and oxygen atoms in total. The Morgan fingerprint density at radius 1 is 0.600 bits per heavy atom. The van der Waals surface area contributed by atoms with Crippen LogP contribution in [0.1, 0.15) is 68.2 Å². The molecule has 0 saturated heterocycles. The van der Waals surface area contributed by atoms with Gasteiger partial charge in [-0.25, -0.2) is 0 Å². The smallest absolute Gasteiger partial charge is 1.00 e. The predicted octanol–water partition coefficient (Wildman–Crippen LogP) is 0.869. The quantitative estimate of drug-likeness (QED) is 0.552. The van der Waals surface area contributed by atoms with Gasteiger partial charge in [-0.3, -0.25) is 0 Å². The summed E-state index contributed by atoms with van der Waals surface area (Å²) in [6.07, 6.45) is 7.51. The van der Waals surface area contributed by atoms with Gasteiger partial charge in [0.15, 0.2) is 0 Å². The number of rotatable bonds is 6. The molecule has 25 heavy (non-hydrogen) atoms. The third-order valence-electron chi connectivity index (χ3n) is 5.19. The van der Waals surface area contributed by atoms with Gasteiger partial charge >= 0.3 is 156 Å². The zero-order valence-corrected chi connectivity index (χ0v) is 21.1. The van der Waals surface area contributed by atoms with Crippen LogP contribution >= 0.6 is 0 Å². The summed E-state index contributed by atoms with van der Waals surface area (Å²) in [6.45, 7) is 19.0. The molecule has 0 spiro atoms. The van der Waals surface area contributed by atoms with E-state index in [1.165, 1.54) is 12.8 Å². The Kier molecular flexibility index (Phi) is 10.9. The summed E-state index contributed by atoms with van der Waals surface area (Å²) >= 11 is -0.718. The molecule has 3 heteroatoms. The van der Waals surface area contributed by atoms with Crippen LogP contribution in [-0.2, 0) is 23.2 Å². The molecule has 0 amide bonds. The van der Waals surface area contributed by atoms with Crippen LogP contribution in [0.3, 0.4) is 0 Å². The summed E-state index contributed by atoms with van der Waals surface area (Å²) in [5.41, 5.74) is 6.88. The molecule has 2 aliphatic rings. The summed E-state index contributed by atoms with van der Waals surface area (Å²) in [7, 11) is 0. The molecule has 0 unspecified atom stereocenters. The van der Waals surface area contributed by atoms with Crippen LogP contribution in [-0.4, -0.2) is 0 Å². The van der Waals surface area contributed by atoms with Crippen molar-refractivity contribution >= 4 is 0 Å². The number of hydrogen-bond acceptors (Lipinski definition) is 0. The van der Waals surface area contributed by atoms with Crippen LogP contribution in [0.2, 0.25) is 0 Å². The van der Waals surface area contributed by atoms with E-state index in [9.17, 15) is 0 Å². The minimum absolute atomic E-state index is 0. The van der Waals surface area contributed by atoms with Crippen LogP contribution in [0.5, 0.6) is 0 Å².